The molecule has 3 aromatic heterocycles. The van der Waals surface area contributed by atoms with Crippen LogP contribution in [0.3, 0.4) is 0 Å². The van der Waals surface area contributed by atoms with E-state index < -0.39 is 11.5 Å². The lowest BCUT2D eigenvalue weighted by Crippen LogP contribution is -2.44. The zero-order chi connectivity index (χ0) is 24.7. The monoisotopic (exact) mass is 474 g/mol. The van der Waals surface area contributed by atoms with Crippen LogP contribution in [0.5, 0.6) is 5.75 Å². The topological polar surface area (TPSA) is 96.2 Å². The van der Waals surface area contributed by atoms with E-state index in [4.69, 9.17) is 0 Å². The molecule has 4 heterocycles. The number of rotatable bonds is 4. The van der Waals surface area contributed by atoms with Crippen molar-refractivity contribution >= 4 is 16.7 Å². The van der Waals surface area contributed by atoms with Crippen LogP contribution >= 0.6 is 0 Å². The van der Waals surface area contributed by atoms with E-state index >= 15 is 0 Å². The molecule has 35 heavy (non-hydrogen) atoms. The van der Waals surface area contributed by atoms with Crippen molar-refractivity contribution < 1.29 is 9.50 Å². The van der Waals surface area contributed by atoms with E-state index in [2.05, 4.69) is 25.2 Å². The molecule has 0 amide bonds. The minimum Gasteiger partial charge on any atom is -0.507 e. The molecule has 0 radical (unpaired) electrons. The van der Waals surface area contributed by atoms with Crippen LogP contribution in [0.4, 0.5) is 10.2 Å². The molecule has 0 bridgehead atoms. The first-order valence-corrected chi connectivity index (χ1v) is 11.7. The molecule has 5 rings (SSSR count). The van der Waals surface area contributed by atoms with Gasteiger partial charge in [-0.15, -0.1) is 0 Å². The highest BCUT2D eigenvalue weighted by Gasteiger charge is 2.23. The van der Waals surface area contributed by atoms with Gasteiger partial charge in [-0.3, -0.25) is 14.5 Å². The number of hydrogen-bond donors (Lipinski definition) is 2. The second kappa shape index (κ2) is 9.07. The highest BCUT2D eigenvalue weighted by atomic mass is 19.1. The smallest absolute Gasteiger partial charge is 0.354 e. The number of anilines is 1. The van der Waals surface area contributed by atoms with Gasteiger partial charge < -0.3 is 15.3 Å². The first-order chi connectivity index (χ1) is 16.9. The maximum Gasteiger partial charge on any atom is 0.354 e. The lowest BCUT2D eigenvalue weighted by molar-refractivity contribution is 0.471. The van der Waals surface area contributed by atoms with Gasteiger partial charge in [-0.05, 0) is 42.7 Å². The number of phenols is 1. The summed E-state index contributed by atoms with van der Waals surface area (Å²) in [5.41, 5.74) is 2.59. The average molecular weight is 475 g/mol. The third-order valence-electron chi connectivity index (χ3n) is 6.35. The van der Waals surface area contributed by atoms with Crippen molar-refractivity contribution in [2.75, 3.05) is 31.1 Å². The Balaban J connectivity index is 1.87. The Labute approximate surface area is 202 Å². The van der Waals surface area contributed by atoms with Crippen molar-refractivity contribution in [1.29, 1.82) is 0 Å². The Morgan fingerprint density at radius 1 is 1.14 bits per heavy atom. The number of nitrogens with zero attached hydrogens (tertiary/aromatic N) is 5. The summed E-state index contributed by atoms with van der Waals surface area (Å²) in [5, 5.41) is 14.4. The van der Waals surface area contributed by atoms with Gasteiger partial charge in [-0.1, -0.05) is 19.9 Å². The van der Waals surface area contributed by atoms with Gasteiger partial charge in [0.15, 0.2) is 0 Å². The quantitative estimate of drug-likeness (QED) is 0.467. The third-order valence-corrected chi connectivity index (χ3v) is 6.35. The van der Waals surface area contributed by atoms with Crippen LogP contribution in [0.15, 0.2) is 47.5 Å². The van der Waals surface area contributed by atoms with Crippen LogP contribution in [0.25, 0.3) is 27.8 Å². The fraction of sp³-hybridized carbons (Fsp3) is 0.308. The molecule has 0 unspecified atom stereocenters. The summed E-state index contributed by atoms with van der Waals surface area (Å²) in [6.07, 6.45) is 3.34. The number of aromatic hydroxyl groups is 1. The number of pyridine rings is 2. The molecule has 180 valence electrons. The lowest BCUT2D eigenvalue weighted by Gasteiger charge is -2.29. The Hall–Kier alpha value is -3.85. The van der Waals surface area contributed by atoms with E-state index in [1.165, 1.54) is 18.2 Å². The van der Waals surface area contributed by atoms with Gasteiger partial charge in [0.2, 0.25) is 0 Å². The SMILES string of the molecule is Cc1ccnc(C(C)C)c1-n1c(=O)nc(N2CCNCC2)c2cnc(-c3c(O)cccc3F)cc21. The largest absolute Gasteiger partial charge is 0.507 e. The van der Waals surface area contributed by atoms with Crippen LogP contribution in [-0.4, -0.2) is 50.8 Å². The number of fused-ring (bicyclic) bond motifs is 1. The number of aryl methyl sites for hydroxylation is 1. The molecule has 0 aliphatic carbocycles. The van der Waals surface area contributed by atoms with Crippen LogP contribution in [0.2, 0.25) is 0 Å². The second-order valence-corrected chi connectivity index (χ2v) is 9.03. The molecule has 4 aromatic rings. The maximum absolute atomic E-state index is 14.7. The second-order valence-electron chi connectivity index (χ2n) is 9.03. The van der Waals surface area contributed by atoms with Crippen LogP contribution in [0.1, 0.15) is 31.0 Å². The van der Waals surface area contributed by atoms with E-state index in [0.29, 0.717) is 35.5 Å². The number of nitrogens with one attached hydrogen (secondary N) is 1. The minimum atomic E-state index is -0.595. The number of piperazine rings is 1. The molecule has 9 heteroatoms. The molecule has 1 fully saturated rings. The van der Waals surface area contributed by atoms with E-state index in [0.717, 1.165) is 24.3 Å². The van der Waals surface area contributed by atoms with Gasteiger partial charge in [0, 0.05) is 38.6 Å². The number of benzene rings is 1. The molecule has 8 nitrogen and oxygen atoms in total. The Morgan fingerprint density at radius 2 is 1.91 bits per heavy atom. The van der Waals surface area contributed by atoms with Crippen LogP contribution in [0, 0.1) is 12.7 Å². The maximum atomic E-state index is 14.7. The van der Waals surface area contributed by atoms with Gasteiger partial charge in [0.1, 0.15) is 17.4 Å². The van der Waals surface area contributed by atoms with Gasteiger partial charge >= 0.3 is 5.69 Å². The van der Waals surface area contributed by atoms with Crippen molar-refractivity contribution in [1.82, 2.24) is 24.8 Å². The molecule has 1 aliphatic heterocycles. The Kier molecular flexibility index (Phi) is 5.94. The van der Waals surface area contributed by atoms with Crippen molar-refractivity contribution in [3.63, 3.8) is 0 Å². The van der Waals surface area contributed by atoms with Crippen LogP contribution < -0.4 is 15.9 Å². The molecule has 1 aliphatic rings. The summed E-state index contributed by atoms with van der Waals surface area (Å²) < 4.78 is 16.3. The first-order valence-electron chi connectivity index (χ1n) is 11.7. The molecule has 1 aromatic carbocycles. The van der Waals surface area contributed by atoms with Crippen molar-refractivity contribution in [3.05, 3.63) is 70.3 Å². The van der Waals surface area contributed by atoms with Crippen molar-refractivity contribution in [2.24, 2.45) is 0 Å². The average Bonchev–Trinajstić information content (AvgIpc) is 2.84. The predicted molar refractivity (Wildman–Crippen MR) is 134 cm³/mol. The summed E-state index contributed by atoms with van der Waals surface area (Å²) >= 11 is 0. The number of halogens is 1. The van der Waals surface area contributed by atoms with Crippen molar-refractivity contribution in [3.8, 4) is 22.7 Å². The fourth-order valence-electron chi connectivity index (χ4n) is 4.63. The highest BCUT2D eigenvalue weighted by Crippen LogP contribution is 2.35. The molecular formula is C26H27FN6O2. The zero-order valence-electron chi connectivity index (χ0n) is 19.9. The summed E-state index contributed by atoms with van der Waals surface area (Å²) in [5.74, 6) is -0.214. The number of phenolic OH excluding ortho intramolecular Hbond substituents is 1. The van der Waals surface area contributed by atoms with E-state index in [1.54, 1.807) is 23.0 Å². The first kappa shape index (κ1) is 22.9. The van der Waals surface area contributed by atoms with E-state index in [9.17, 15) is 14.3 Å². The van der Waals surface area contributed by atoms with Gasteiger partial charge in [0.05, 0.1) is 33.5 Å². The lowest BCUT2D eigenvalue weighted by atomic mass is 10.0. The van der Waals surface area contributed by atoms with E-state index in [1.807, 2.05) is 26.8 Å². The van der Waals surface area contributed by atoms with Gasteiger partial charge in [-0.2, -0.15) is 4.98 Å². The zero-order valence-corrected chi connectivity index (χ0v) is 19.9. The van der Waals surface area contributed by atoms with Gasteiger partial charge in [-0.25, -0.2) is 9.18 Å². The van der Waals surface area contributed by atoms with Crippen LogP contribution in [-0.2, 0) is 0 Å². The van der Waals surface area contributed by atoms with Gasteiger partial charge in [0.25, 0.3) is 0 Å². The number of hydrogen-bond acceptors (Lipinski definition) is 7. The number of aromatic nitrogens is 4. The summed E-state index contributed by atoms with van der Waals surface area (Å²) in [7, 11) is 0. The summed E-state index contributed by atoms with van der Waals surface area (Å²) in [6, 6.07) is 7.63. The molecule has 1 saturated heterocycles. The molecule has 0 spiro atoms. The van der Waals surface area contributed by atoms with Crippen molar-refractivity contribution in [2.45, 2.75) is 26.7 Å². The van der Waals surface area contributed by atoms with E-state index in [-0.39, 0.29) is 22.9 Å². The standard InChI is InChI=1S/C26H27FN6O2/c1-15(2)23-24(16(3)7-8-29-23)33-20-13-19(22-18(27)5-4-6-21(22)34)30-14-17(20)25(31-26(33)35)32-11-9-28-10-12-32/h4-8,13-15,28,34H,9-12H2,1-3H3. The third kappa shape index (κ3) is 4.01. The molecule has 2 N–H and O–H groups in total. The highest BCUT2D eigenvalue weighted by molar-refractivity contribution is 5.93. The molecule has 0 saturated carbocycles. The summed E-state index contributed by atoms with van der Waals surface area (Å²) in [4.78, 5) is 29.2. The molecule has 0 atom stereocenters. The predicted octanol–water partition coefficient (Wildman–Crippen LogP) is 3.53. The summed E-state index contributed by atoms with van der Waals surface area (Å²) in [6.45, 7) is 8.92. The Bertz CT molecular complexity index is 1460. The Morgan fingerprint density at radius 3 is 2.63 bits per heavy atom. The minimum absolute atomic E-state index is 0.0130. The molecular weight excluding hydrogens is 447 g/mol. The fourth-order valence-corrected chi connectivity index (χ4v) is 4.63. The normalized spacial score (nSPS) is 14.1.